The first-order valence-electron chi connectivity index (χ1n) is 9.74. The maximum Gasteiger partial charge on any atom is 0.258 e. The first kappa shape index (κ1) is 19.1. The summed E-state index contributed by atoms with van der Waals surface area (Å²) in [7, 11) is 3.49. The van der Waals surface area contributed by atoms with E-state index in [2.05, 4.69) is 10.3 Å². The number of carbonyl (C=O) groups excluding carboxylic acids is 1. The Bertz CT molecular complexity index is 1130. The molecule has 29 heavy (non-hydrogen) atoms. The van der Waals surface area contributed by atoms with E-state index in [4.69, 9.17) is 9.47 Å². The molecule has 1 atom stereocenters. The summed E-state index contributed by atoms with van der Waals surface area (Å²) in [4.78, 5) is 28.0. The van der Waals surface area contributed by atoms with Crippen molar-refractivity contribution in [3.05, 3.63) is 57.6 Å². The van der Waals surface area contributed by atoms with E-state index in [0.717, 1.165) is 47.3 Å². The number of aromatic amines is 1. The fraction of sp³-hybridized carbons (Fsp3) is 0.364. The molecule has 0 bridgehead atoms. The molecule has 3 aromatic rings. The monoisotopic (exact) mass is 395 g/mol. The lowest BCUT2D eigenvalue weighted by atomic mass is 9.91. The summed E-state index contributed by atoms with van der Waals surface area (Å²) in [6, 6.07) is 7.36. The molecule has 0 fully saturated rings. The van der Waals surface area contributed by atoms with Crippen molar-refractivity contribution in [1.82, 2.24) is 14.9 Å². The number of aryl methyl sites for hydroxylation is 3. The Labute approximate surface area is 168 Å². The number of methoxy groups -OCH3 is 1. The number of rotatable bonds is 5. The first-order valence-corrected chi connectivity index (χ1v) is 9.74. The van der Waals surface area contributed by atoms with Gasteiger partial charge < -0.3 is 24.3 Å². The predicted molar refractivity (Wildman–Crippen MR) is 111 cm³/mol. The van der Waals surface area contributed by atoms with Gasteiger partial charge in [-0.15, -0.1) is 0 Å². The number of pyridine rings is 1. The maximum atomic E-state index is 12.5. The van der Waals surface area contributed by atoms with Gasteiger partial charge in [0, 0.05) is 41.6 Å². The van der Waals surface area contributed by atoms with Crippen molar-refractivity contribution in [2.45, 2.75) is 32.2 Å². The molecule has 0 aliphatic heterocycles. The van der Waals surface area contributed by atoms with Crippen molar-refractivity contribution in [3.8, 4) is 11.5 Å². The SMILES string of the molecule is COc1ccc2[nH]c3c(c2c1)CCCC3NC(=O)COc1cn(C)c(C)cc1=O. The zero-order valence-corrected chi connectivity index (χ0v) is 16.9. The molecule has 0 spiro atoms. The van der Waals surface area contributed by atoms with E-state index < -0.39 is 0 Å². The Morgan fingerprint density at radius 2 is 2.17 bits per heavy atom. The molecule has 4 rings (SSSR count). The number of aromatic nitrogens is 2. The van der Waals surface area contributed by atoms with Crippen molar-refractivity contribution in [1.29, 1.82) is 0 Å². The van der Waals surface area contributed by atoms with Crippen LogP contribution in [0.15, 0.2) is 35.3 Å². The summed E-state index contributed by atoms with van der Waals surface area (Å²) in [6.45, 7) is 1.65. The van der Waals surface area contributed by atoms with Crippen LogP contribution >= 0.6 is 0 Å². The second-order valence-corrected chi connectivity index (χ2v) is 7.48. The average molecular weight is 395 g/mol. The lowest BCUT2D eigenvalue weighted by molar-refractivity contribution is -0.124. The molecule has 1 aliphatic carbocycles. The Kier molecular flexibility index (Phi) is 5.05. The highest BCUT2D eigenvalue weighted by atomic mass is 16.5. The second-order valence-electron chi connectivity index (χ2n) is 7.48. The normalized spacial score (nSPS) is 15.8. The van der Waals surface area contributed by atoms with Crippen molar-refractivity contribution in [3.63, 3.8) is 0 Å². The number of hydrogen-bond acceptors (Lipinski definition) is 4. The van der Waals surface area contributed by atoms with Crippen LogP contribution in [0.25, 0.3) is 10.9 Å². The Hall–Kier alpha value is -3.22. The third-order valence-electron chi connectivity index (χ3n) is 5.56. The molecule has 1 amide bonds. The number of fused-ring (bicyclic) bond motifs is 3. The number of nitrogens with one attached hydrogen (secondary N) is 2. The smallest absolute Gasteiger partial charge is 0.258 e. The van der Waals surface area contributed by atoms with Gasteiger partial charge in [-0.2, -0.15) is 0 Å². The Morgan fingerprint density at radius 3 is 2.97 bits per heavy atom. The van der Waals surface area contributed by atoms with Crippen molar-refractivity contribution in [2.24, 2.45) is 7.05 Å². The van der Waals surface area contributed by atoms with Gasteiger partial charge >= 0.3 is 0 Å². The minimum absolute atomic E-state index is 0.103. The summed E-state index contributed by atoms with van der Waals surface area (Å²) >= 11 is 0. The minimum atomic E-state index is -0.248. The van der Waals surface area contributed by atoms with Crippen LogP contribution < -0.4 is 20.2 Å². The quantitative estimate of drug-likeness (QED) is 0.696. The van der Waals surface area contributed by atoms with Crippen LogP contribution in [0, 0.1) is 6.92 Å². The molecular formula is C22H25N3O4. The summed E-state index contributed by atoms with van der Waals surface area (Å²) in [5.41, 5.74) is 3.91. The van der Waals surface area contributed by atoms with Crippen LogP contribution in [0.4, 0.5) is 0 Å². The van der Waals surface area contributed by atoms with Crippen LogP contribution in [0.2, 0.25) is 0 Å². The number of hydrogen-bond donors (Lipinski definition) is 2. The molecule has 0 radical (unpaired) electrons. The molecule has 7 heteroatoms. The van der Waals surface area contributed by atoms with Gasteiger partial charge in [0.05, 0.1) is 13.2 Å². The first-order chi connectivity index (χ1) is 14.0. The Balaban J connectivity index is 1.49. The minimum Gasteiger partial charge on any atom is -0.497 e. The van der Waals surface area contributed by atoms with Gasteiger partial charge in [0.1, 0.15) is 5.75 Å². The number of amides is 1. The topological polar surface area (TPSA) is 85.3 Å². The number of nitrogens with zero attached hydrogens (tertiary/aromatic N) is 1. The number of benzene rings is 1. The largest absolute Gasteiger partial charge is 0.497 e. The van der Waals surface area contributed by atoms with Gasteiger partial charge in [-0.25, -0.2) is 0 Å². The predicted octanol–water partition coefficient (Wildman–Crippen LogP) is 2.76. The Morgan fingerprint density at radius 1 is 1.34 bits per heavy atom. The van der Waals surface area contributed by atoms with Crippen molar-refractivity contribution < 1.29 is 14.3 Å². The van der Waals surface area contributed by atoms with Crippen LogP contribution in [0.3, 0.4) is 0 Å². The van der Waals surface area contributed by atoms with Gasteiger partial charge in [0.15, 0.2) is 12.4 Å². The highest BCUT2D eigenvalue weighted by molar-refractivity contribution is 5.87. The molecule has 2 aromatic heterocycles. The highest BCUT2D eigenvalue weighted by Gasteiger charge is 2.26. The van der Waals surface area contributed by atoms with Crippen molar-refractivity contribution in [2.75, 3.05) is 13.7 Å². The maximum absolute atomic E-state index is 12.5. The molecule has 0 saturated heterocycles. The number of carbonyl (C=O) groups is 1. The van der Waals surface area contributed by atoms with Gasteiger partial charge in [-0.05, 0) is 49.9 Å². The molecule has 0 saturated carbocycles. The molecule has 1 aliphatic rings. The molecule has 1 unspecified atom stereocenters. The third-order valence-corrected chi connectivity index (χ3v) is 5.56. The fourth-order valence-corrected chi connectivity index (χ4v) is 3.90. The van der Waals surface area contributed by atoms with Gasteiger partial charge in [0.2, 0.25) is 5.43 Å². The fourth-order valence-electron chi connectivity index (χ4n) is 3.90. The molecule has 2 N–H and O–H groups in total. The van der Waals surface area contributed by atoms with E-state index in [1.54, 1.807) is 17.9 Å². The molecule has 152 valence electrons. The zero-order valence-electron chi connectivity index (χ0n) is 16.9. The highest BCUT2D eigenvalue weighted by Crippen LogP contribution is 2.36. The van der Waals surface area contributed by atoms with Gasteiger partial charge in [-0.3, -0.25) is 9.59 Å². The summed E-state index contributed by atoms with van der Waals surface area (Å²) < 4.78 is 12.6. The third kappa shape index (κ3) is 3.72. The van der Waals surface area contributed by atoms with Crippen molar-refractivity contribution >= 4 is 16.8 Å². The summed E-state index contributed by atoms with van der Waals surface area (Å²) in [5.74, 6) is 0.746. The van der Waals surface area contributed by atoms with Gasteiger partial charge in [0.25, 0.3) is 5.91 Å². The van der Waals surface area contributed by atoms with Crippen LogP contribution in [-0.2, 0) is 18.3 Å². The van der Waals surface area contributed by atoms with E-state index in [9.17, 15) is 9.59 Å². The van der Waals surface area contributed by atoms with Crippen LogP contribution in [0.5, 0.6) is 11.5 Å². The number of ether oxygens (including phenoxy) is 2. The summed E-state index contributed by atoms with van der Waals surface area (Å²) in [5, 5.41) is 4.18. The molecule has 2 heterocycles. The van der Waals surface area contributed by atoms with Gasteiger partial charge in [-0.1, -0.05) is 0 Å². The van der Waals surface area contributed by atoms with Crippen LogP contribution in [0.1, 0.15) is 35.8 Å². The molecular weight excluding hydrogens is 370 g/mol. The van der Waals surface area contributed by atoms with Crippen LogP contribution in [-0.4, -0.2) is 29.2 Å². The van der Waals surface area contributed by atoms with E-state index in [-0.39, 0.29) is 29.7 Å². The summed E-state index contributed by atoms with van der Waals surface area (Å²) in [6.07, 6.45) is 4.41. The molecule has 1 aromatic carbocycles. The van der Waals surface area contributed by atoms with E-state index >= 15 is 0 Å². The standard InChI is InChI=1S/C22H25N3O4/c1-13-9-19(26)20(11-25(13)2)29-12-21(27)23-18-6-4-5-15-16-10-14(28-3)7-8-17(16)24-22(15)18/h7-11,18,24H,4-6,12H2,1-3H3,(H,23,27). The lowest BCUT2D eigenvalue weighted by Gasteiger charge is -2.24. The number of H-pyrrole nitrogens is 1. The zero-order chi connectivity index (χ0) is 20.5. The second kappa shape index (κ2) is 7.66. The lowest BCUT2D eigenvalue weighted by Crippen LogP contribution is -2.35. The van der Waals surface area contributed by atoms with E-state index in [1.807, 2.05) is 32.2 Å². The van der Waals surface area contributed by atoms with E-state index in [0.29, 0.717) is 0 Å². The van der Waals surface area contributed by atoms with E-state index in [1.165, 1.54) is 11.6 Å². The average Bonchev–Trinajstić information content (AvgIpc) is 3.08. The molecule has 7 nitrogen and oxygen atoms in total.